The fourth-order valence-electron chi connectivity index (χ4n) is 2.24. The van der Waals surface area contributed by atoms with Gasteiger partial charge in [0.05, 0.1) is 16.6 Å². The summed E-state index contributed by atoms with van der Waals surface area (Å²) < 4.78 is 11.5. The zero-order chi connectivity index (χ0) is 13.7. The molecule has 7 heteroatoms. The topological polar surface area (TPSA) is 56.3 Å². The van der Waals surface area contributed by atoms with E-state index in [1.807, 2.05) is 0 Å². The summed E-state index contributed by atoms with van der Waals surface area (Å²) in [7, 11) is 1.63. The third-order valence-corrected chi connectivity index (χ3v) is 3.90. The van der Waals surface area contributed by atoms with Gasteiger partial charge in [0.1, 0.15) is 12.6 Å². The smallest absolute Gasteiger partial charge is 0.224 e. The predicted molar refractivity (Wildman–Crippen MR) is 77.4 cm³/mol. The molecule has 1 aromatic heterocycles. The van der Waals surface area contributed by atoms with Crippen LogP contribution in [0.3, 0.4) is 0 Å². The first-order valence-electron chi connectivity index (χ1n) is 6.26. The Morgan fingerprint density at radius 2 is 2.26 bits per heavy atom. The van der Waals surface area contributed by atoms with E-state index in [9.17, 15) is 0 Å². The van der Waals surface area contributed by atoms with Crippen molar-refractivity contribution in [3.8, 4) is 0 Å². The van der Waals surface area contributed by atoms with Gasteiger partial charge in [0.25, 0.3) is 0 Å². The lowest BCUT2D eigenvalue weighted by molar-refractivity contribution is -0.0858. The number of nitrogens with zero attached hydrogens (tertiary/aromatic N) is 2. The Morgan fingerprint density at radius 1 is 1.47 bits per heavy atom. The number of nitrogens with one attached hydrogen (secondary N) is 1. The highest BCUT2D eigenvalue weighted by Crippen LogP contribution is 2.27. The maximum absolute atomic E-state index is 5.82. The van der Waals surface area contributed by atoms with Gasteiger partial charge in [0.15, 0.2) is 0 Å². The Kier molecular flexibility index (Phi) is 5.81. The van der Waals surface area contributed by atoms with E-state index in [2.05, 4.69) is 31.2 Å². The molecule has 1 aliphatic rings. The van der Waals surface area contributed by atoms with Crippen molar-refractivity contribution >= 4 is 33.3 Å². The lowest BCUT2D eigenvalue weighted by atomic mass is 9.92. The molecule has 106 valence electrons. The molecule has 0 aliphatic heterocycles. The Bertz CT molecular complexity index is 422. The first-order chi connectivity index (χ1) is 9.20. The fraction of sp³-hybridized carbons (Fsp3) is 0.667. The quantitative estimate of drug-likeness (QED) is 0.652. The molecule has 5 nitrogen and oxygen atoms in total. The summed E-state index contributed by atoms with van der Waals surface area (Å²) in [5.74, 6) is 0.706. The molecule has 0 radical (unpaired) electrons. The molecule has 2 rings (SSSR count). The lowest BCUT2D eigenvalue weighted by Crippen LogP contribution is -2.39. The van der Waals surface area contributed by atoms with Crippen LogP contribution in [0.1, 0.15) is 25.7 Å². The lowest BCUT2D eigenvalue weighted by Gasteiger charge is -2.32. The number of rotatable bonds is 5. The van der Waals surface area contributed by atoms with E-state index in [0.717, 1.165) is 17.3 Å². The number of hydrogen-bond acceptors (Lipinski definition) is 5. The Labute approximate surface area is 126 Å². The molecule has 2 unspecified atom stereocenters. The van der Waals surface area contributed by atoms with Gasteiger partial charge in [0, 0.05) is 13.3 Å². The summed E-state index contributed by atoms with van der Waals surface area (Å²) in [6.07, 6.45) is 6.21. The van der Waals surface area contributed by atoms with Crippen LogP contribution in [0.4, 0.5) is 5.82 Å². The summed E-state index contributed by atoms with van der Waals surface area (Å²) in [6.45, 7) is 0.314. The van der Waals surface area contributed by atoms with Crippen molar-refractivity contribution in [3.63, 3.8) is 0 Å². The van der Waals surface area contributed by atoms with Crippen molar-refractivity contribution < 1.29 is 9.47 Å². The minimum Gasteiger partial charge on any atom is -0.364 e. The third kappa shape index (κ3) is 4.27. The van der Waals surface area contributed by atoms with Crippen LogP contribution in [0, 0.1) is 0 Å². The van der Waals surface area contributed by atoms with E-state index in [1.165, 1.54) is 12.8 Å². The van der Waals surface area contributed by atoms with Crippen molar-refractivity contribution in [2.24, 2.45) is 0 Å². The van der Waals surface area contributed by atoms with Crippen LogP contribution in [-0.4, -0.2) is 36.0 Å². The number of halogens is 2. The highest BCUT2D eigenvalue weighted by Gasteiger charge is 2.26. The van der Waals surface area contributed by atoms with Crippen molar-refractivity contribution in [1.29, 1.82) is 0 Å². The van der Waals surface area contributed by atoms with Crippen LogP contribution in [0.25, 0.3) is 0 Å². The average molecular weight is 351 g/mol. The molecule has 1 aliphatic carbocycles. The number of methoxy groups -OCH3 is 1. The van der Waals surface area contributed by atoms with Crippen molar-refractivity contribution in [2.75, 3.05) is 19.2 Å². The van der Waals surface area contributed by atoms with E-state index < -0.39 is 0 Å². The normalized spacial score (nSPS) is 23.3. The molecule has 0 aromatic carbocycles. The SMILES string of the molecule is COCOC1CCCCC1Nc1nc(Cl)ncc1Br. The summed E-state index contributed by atoms with van der Waals surface area (Å²) >= 11 is 9.24. The molecular formula is C12H17BrClN3O2. The Balaban J connectivity index is 2.04. The standard InChI is InChI=1S/C12H17BrClN3O2/c1-18-7-19-10-5-3-2-4-9(10)16-11-8(13)6-15-12(14)17-11/h6,9-10H,2-5,7H2,1H3,(H,15,16,17). The summed E-state index contributed by atoms with van der Waals surface area (Å²) in [4.78, 5) is 8.11. The van der Waals surface area contributed by atoms with Crippen LogP contribution in [0.2, 0.25) is 5.28 Å². The first-order valence-corrected chi connectivity index (χ1v) is 7.43. The zero-order valence-corrected chi connectivity index (χ0v) is 13.1. The maximum atomic E-state index is 5.82. The largest absolute Gasteiger partial charge is 0.364 e. The predicted octanol–water partition coefficient (Wildman–Crippen LogP) is 3.24. The molecule has 0 bridgehead atoms. The molecule has 0 saturated heterocycles. The van der Waals surface area contributed by atoms with E-state index in [1.54, 1.807) is 13.3 Å². The summed E-state index contributed by atoms with van der Waals surface area (Å²) in [6, 6.07) is 0.214. The molecule has 0 amide bonds. The second-order valence-electron chi connectivity index (χ2n) is 4.48. The van der Waals surface area contributed by atoms with E-state index in [4.69, 9.17) is 21.1 Å². The average Bonchev–Trinajstić information content (AvgIpc) is 2.42. The molecule has 1 fully saturated rings. The van der Waals surface area contributed by atoms with E-state index in [-0.39, 0.29) is 17.4 Å². The van der Waals surface area contributed by atoms with Gasteiger partial charge >= 0.3 is 0 Å². The van der Waals surface area contributed by atoms with E-state index >= 15 is 0 Å². The van der Waals surface area contributed by atoms with Crippen LogP contribution in [-0.2, 0) is 9.47 Å². The first kappa shape index (κ1) is 15.0. The number of anilines is 1. The van der Waals surface area contributed by atoms with Crippen LogP contribution >= 0.6 is 27.5 Å². The Hall–Kier alpha value is -0.430. The Morgan fingerprint density at radius 3 is 3.05 bits per heavy atom. The van der Waals surface area contributed by atoms with Crippen LogP contribution < -0.4 is 5.32 Å². The number of hydrogen-bond donors (Lipinski definition) is 1. The van der Waals surface area contributed by atoms with Gasteiger partial charge in [-0.3, -0.25) is 0 Å². The summed E-state index contributed by atoms with van der Waals surface area (Å²) in [5, 5.41) is 3.62. The monoisotopic (exact) mass is 349 g/mol. The summed E-state index contributed by atoms with van der Waals surface area (Å²) in [5.41, 5.74) is 0. The van der Waals surface area contributed by atoms with Gasteiger partial charge in [-0.15, -0.1) is 0 Å². The van der Waals surface area contributed by atoms with Gasteiger partial charge in [-0.25, -0.2) is 4.98 Å². The second-order valence-corrected chi connectivity index (χ2v) is 5.67. The van der Waals surface area contributed by atoms with Crippen molar-refractivity contribution in [3.05, 3.63) is 16.0 Å². The third-order valence-electron chi connectivity index (χ3n) is 3.14. The van der Waals surface area contributed by atoms with Gasteiger partial charge in [-0.1, -0.05) is 12.8 Å². The van der Waals surface area contributed by atoms with Gasteiger partial charge in [-0.05, 0) is 40.4 Å². The van der Waals surface area contributed by atoms with Gasteiger partial charge < -0.3 is 14.8 Å². The minimum absolute atomic E-state index is 0.134. The van der Waals surface area contributed by atoms with Crippen molar-refractivity contribution in [2.45, 2.75) is 37.8 Å². The molecular weight excluding hydrogens is 334 g/mol. The van der Waals surface area contributed by atoms with Crippen LogP contribution in [0.15, 0.2) is 10.7 Å². The van der Waals surface area contributed by atoms with Gasteiger partial charge in [-0.2, -0.15) is 4.98 Å². The molecule has 1 heterocycles. The molecule has 0 spiro atoms. The number of ether oxygens (including phenoxy) is 2. The van der Waals surface area contributed by atoms with Crippen molar-refractivity contribution in [1.82, 2.24) is 9.97 Å². The van der Waals surface area contributed by atoms with E-state index in [0.29, 0.717) is 12.6 Å². The minimum atomic E-state index is 0.134. The number of aromatic nitrogens is 2. The second kappa shape index (κ2) is 7.38. The van der Waals surface area contributed by atoms with Crippen LogP contribution in [0.5, 0.6) is 0 Å². The highest BCUT2D eigenvalue weighted by atomic mass is 79.9. The highest BCUT2D eigenvalue weighted by molar-refractivity contribution is 9.10. The zero-order valence-electron chi connectivity index (χ0n) is 10.7. The molecule has 1 N–H and O–H groups in total. The maximum Gasteiger partial charge on any atom is 0.224 e. The molecule has 19 heavy (non-hydrogen) atoms. The molecule has 2 atom stereocenters. The molecule has 1 aromatic rings. The molecule has 1 saturated carbocycles. The fourth-order valence-corrected chi connectivity index (χ4v) is 2.68. The van der Waals surface area contributed by atoms with Gasteiger partial charge in [0.2, 0.25) is 5.28 Å².